The smallest absolute Gasteiger partial charge is 0.133 e. The minimum absolute atomic E-state index is 0. The molecule has 0 bridgehead atoms. The van der Waals surface area contributed by atoms with Crippen molar-refractivity contribution in [1.29, 1.82) is 0 Å². The van der Waals surface area contributed by atoms with E-state index in [0.29, 0.717) is 12.8 Å². The Labute approximate surface area is 260 Å². The van der Waals surface area contributed by atoms with Gasteiger partial charge in [0.15, 0.2) is 0 Å². The van der Waals surface area contributed by atoms with Gasteiger partial charge in [0, 0.05) is 148 Å². The fourth-order valence-corrected chi connectivity index (χ4v) is 3.22. The van der Waals surface area contributed by atoms with Crippen molar-refractivity contribution < 1.29 is 151 Å². The SMILES string of the molecule is O=C1C[CH-]CC(O)=C1C(C1=C(O)C[CH-]CC1=O)c1ccccc1.[Y].[Y].[Y].[Y]. The quantitative estimate of drug-likeness (QED) is 0.485. The number of carbonyl (C=O) groups excluding carboxylic acids is 2. The third kappa shape index (κ3) is 7.60. The number of aliphatic hydroxyl groups is 2. The number of rotatable bonds is 3. The van der Waals surface area contributed by atoms with Gasteiger partial charge in [0.2, 0.25) is 0 Å². The van der Waals surface area contributed by atoms with E-state index in [-0.39, 0.29) is 178 Å². The van der Waals surface area contributed by atoms with Gasteiger partial charge in [-0.05, 0) is 5.56 Å². The summed E-state index contributed by atoms with van der Waals surface area (Å²) in [6.07, 6.45) is 4.51. The van der Waals surface area contributed by atoms with Gasteiger partial charge in [-0.1, -0.05) is 30.3 Å². The molecule has 0 aromatic heterocycles. The summed E-state index contributed by atoms with van der Waals surface area (Å²) in [6.45, 7) is 0. The van der Waals surface area contributed by atoms with E-state index in [1.54, 1.807) is 12.8 Å². The van der Waals surface area contributed by atoms with E-state index in [9.17, 15) is 19.8 Å². The van der Waals surface area contributed by atoms with Crippen molar-refractivity contribution in [3.8, 4) is 0 Å². The minimum atomic E-state index is -0.710. The van der Waals surface area contributed by atoms with Gasteiger partial charge in [0.25, 0.3) is 0 Å². The average molecular weight is 666 g/mol. The van der Waals surface area contributed by atoms with Crippen LogP contribution in [0.2, 0.25) is 0 Å². The zero-order valence-corrected chi connectivity index (χ0v) is 26.3. The number of Topliss-reactive ketones (excluding diaryl/α,β-unsaturated/α-hetero) is 2. The van der Waals surface area contributed by atoms with Gasteiger partial charge in [-0.15, -0.1) is 25.7 Å². The average Bonchev–Trinajstić information content (AvgIpc) is 2.53. The van der Waals surface area contributed by atoms with E-state index in [1.165, 1.54) is 0 Å². The molecular weight excluding hydrogens is 648 g/mol. The zero-order valence-electron chi connectivity index (χ0n) is 15.0. The second-order valence-electron chi connectivity index (χ2n) is 5.80. The molecule has 8 heteroatoms. The maximum absolute atomic E-state index is 12.4. The Morgan fingerprint density at radius 3 is 1.48 bits per heavy atom. The molecular formula is C19H18O4Y4-2. The molecule has 0 atom stereocenters. The summed E-state index contributed by atoms with van der Waals surface area (Å²) in [6, 6.07) is 9.09. The van der Waals surface area contributed by atoms with Gasteiger partial charge < -0.3 is 23.1 Å². The van der Waals surface area contributed by atoms with Gasteiger partial charge in [0.1, 0.15) is 11.6 Å². The van der Waals surface area contributed by atoms with E-state index in [2.05, 4.69) is 0 Å². The summed E-state index contributed by atoms with van der Waals surface area (Å²) in [5.41, 5.74) is 1.19. The van der Waals surface area contributed by atoms with Crippen molar-refractivity contribution in [2.24, 2.45) is 0 Å². The molecule has 0 fully saturated rings. The van der Waals surface area contributed by atoms with Crippen molar-refractivity contribution in [2.45, 2.75) is 31.6 Å². The Kier molecular flexibility index (Phi) is 17.3. The number of hydrogen-bond acceptors (Lipinski definition) is 4. The molecule has 0 aliphatic heterocycles. The summed E-state index contributed by atoms with van der Waals surface area (Å²) in [5, 5.41) is 20.6. The van der Waals surface area contributed by atoms with Crippen molar-refractivity contribution in [3.63, 3.8) is 0 Å². The van der Waals surface area contributed by atoms with Crippen LogP contribution < -0.4 is 0 Å². The second-order valence-corrected chi connectivity index (χ2v) is 5.80. The normalized spacial score (nSPS) is 16.8. The summed E-state index contributed by atoms with van der Waals surface area (Å²) >= 11 is 0. The molecule has 2 aliphatic rings. The van der Waals surface area contributed by atoms with Crippen molar-refractivity contribution in [2.75, 3.05) is 0 Å². The number of hydrogen-bond donors (Lipinski definition) is 2. The fraction of sp³-hybridized carbons (Fsp3) is 0.263. The maximum atomic E-state index is 12.4. The molecule has 1 aromatic carbocycles. The molecule has 4 nitrogen and oxygen atoms in total. The van der Waals surface area contributed by atoms with Crippen molar-refractivity contribution >= 4 is 11.6 Å². The van der Waals surface area contributed by atoms with Gasteiger partial charge in [-0.25, -0.2) is 0 Å². The van der Waals surface area contributed by atoms with Crippen LogP contribution in [-0.4, -0.2) is 21.8 Å². The molecule has 0 saturated carbocycles. The summed E-state index contributed by atoms with van der Waals surface area (Å²) in [4.78, 5) is 24.8. The molecule has 4 radical (unpaired) electrons. The van der Waals surface area contributed by atoms with Crippen LogP contribution in [-0.2, 0) is 140 Å². The second kappa shape index (κ2) is 15.0. The molecule has 132 valence electrons. The third-order valence-corrected chi connectivity index (χ3v) is 4.27. The van der Waals surface area contributed by atoms with Gasteiger partial charge >= 0.3 is 0 Å². The van der Waals surface area contributed by atoms with Crippen LogP contribution in [0.15, 0.2) is 53.0 Å². The maximum Gasteiger partial charge on any atom is 0.133 e. The van der Waals surface area contributed by atoms with Crippen LogP contribution in [0.4, 0.5) is 0 Å². The Morgan fingerprint density at radius 1 is 0.704 bits per heavy atom. The third-order valence-electron chi connectivity index (χ3n) is 4.27. The van der Waals surface area contributed by atoms with Crippen LogP contribution in [0, 0.1) is 12.8 Å². The van der Waals surface area contributed by atoms with Crippen LogP contribution in [0.3, 0.4) is 0 Å². The Balaban J connectivity index is 0. The Bertz CT molecular complexity index is 672. The van der Waals surface area contributed by atoms with Crippen molar-refractivity contribution in [3.05, 3.63) is 71.4 Å². The molecule has 0 amide bonds. The minimum Gasteiger partial charge on any atom is -0.515 e. The fourth-order valence-electron chi connectivity index (χ4n) is 3.22. The molecule has 0 spiro atoms. The van der Waals surface area contributed by atoms with E-state index in [1.807, 2.05) is 30.3 Å². The standard InChI is InChI=1S/C19H18O4.4Y/c20-13-8-4-9-14(21)18(13)17(12-6-2-1-3-7-12)19-15(22)10-5-11-16(19)23;;;;/h1-7,17,20,22H,8-11H2;;;;/q-2;;;;. The van der Waals surface area contributed by atoms with Gasteiger partial charge in [-0.2, -0.15) is 0 Å². The van der Waals surface area contributed by atoms with Crippen LogP contribution >= 0.6 is 0 Å². The van der Waals surface area contributed by atoms with Gasteiger partial charge in [0.05, 0.1) is 11.5 Å². The number of allylic oxidation sites excluding steroid dienone is 4. The van der Waals surface area contributed by atoms with Crippen molar-refractivity contribution in [1.82, 2.24) is 0 Å². The predicted molar refractivity (Wildman–Crippen MR) is 85.6 cm³/mol. The molecule has 1 aromatic rings. The largest absolute Gasteiger partial charge is 0.515 e. The first-order valence-electron chi connectivity index (χ1n) is 7.68. The van der Waals surface area contributed by atoms with E-state index in [4.69, 9.17) is 0 Å². The first kappa shape index (κ1) is 31.2. The summed E-state index contributed by atoms with van der Waals surface area (Å²) < 4.78 is 0. The molecule has 2 N–H and O–H groups in total. The van der Waals surface area contributed by atoms with Crippen LogP contribution in [0.1, 0.15) is 37.2 Å². The predicted octanol–water partition coefficient (Wildman–Crippen LogP) is 3.52. The van der Waals surface area contributed by atoms with Crippen LogP contribution in [0.25, 0.3) is 0 Å². The van der Waals surface area contributed by atoms with Gasteiger partial charge in [-0.3, -0.25) is 9.59 Å². The number of benzene rings is 1. The van der Waals surface area contributed by atoms with E-state index >= 15 is 0 Å². The van der Waals surface area contributed by atoms with E-state index in [0.717, 1.165) is 5.56 Å². The first-order chi connectivity index (χ1) is 11.1. The van der Waals surface area contributed by atoms with E-state index < -0.39 is 5.92 Å². The number of aliphatic hydroxyl groups excluding tert-OH is 2. The molecule has 0 unspecified atom stereocenters. The zero-order chi connectivity index (χ0) is 16.4. The molecule has 0 heterocycles. The number of ketones is 2. The molecule has 0 saturated heterocycles. The number of carbonyl (C=O) groups is 2. The molecule has 2 aliphatic carbocycles. The molecule has 3 rings (SSSR count). The molecule has 27 heavy (non-hydrogen) atoms. The topological polar surface area (TPSA) is 74.6 Å². The Morgan fingerprint density at radius 2 is 1.11 bits per heavy atom. The van der Waals surface area contributed by atoms with Crippen LogP contribution in [0.5, 0.6) is 0 Å². The summed E-state index contributed by atoms with van der Waals surface area (Å²) in [7, 11) is 0. The first-order valence-corrected chi connectivity index (χ1v) is 7.68. The monoisotopic (exact) mass is 666 g/mol. The summed E-state index contributed by atoms with van der Waals surface area (Å²) in [5.74, 6) is -1.15. The Hall–Kier alpha value is 2.06.